The minimum absolute atomic E-state index is 0.0572. The highest BCUT2D eigenvalue weighted by Crippen LogP contribution is 2.31. The smallest absolute Gasteiger partial charge is 0.282 e. The van der Waals surface area contributed by atoms with E-state index >= 15 is 0 Å². The average molecular weight is 303 g/mol. The number of Topliss-reactive ketones (excluding diaryl/α,β-unsaturated/α-hetero) is 1. The fraction of sp³-hybridized carbons (Fsp3) is 0.400. The lowest BCUT2D eigenvalue weighted by Gasteiger charge is -2.28. The van der Waals surface area contributed by atoms with Crippen LogP contribution in [0.2, 0.25) is 0 Å². The number of nitro groups is 1. The first-order valence-corrected chi connectivity index (χ1v) is 6.89. The molecule has 22 heavy (non-hydrogen) atoms. The summed E-state index contributed by atoms with van der Waals surface area (Å²) in [4.78, 5) is 34.0. The number of ketones is 1. The maximum atomic E-state index is 12.0. The predicted molar refractivity (Wildman–Crippen MR) is 80.6 cm³/mol. The molecule has 1 aromatic rings. The second-order valence-corrected chi connectivity index (χ2v) is 6.13. The largest absolute Gasteiger partial charge is 0.299 e. The van der Waals surface area contributed by atoms with Gasteiger partial charge in [0.25, 0.3) is 11.6 Å². The molecule has 1 saturated carbocycles. The number of carbonyl (C=O) groups excluding carboxylic acids is 2. The summed E-state index contributed by atoms with van der Waals surface area (Å²) in [6.07, 6.45) is 1.31. The highest BCUT2D eigenvalue weighted by Gasteiger charge is 2.30. The van der Waals surface area contributed by atoms with Gasteiger partial charge in [-0.2, -0.15) is 5.10 Å². The van der Waals surface area contributed by atoms with E-state index in [9.17, 15) is 19.7 Å². The van der Waals surface area contributed by atoms with Crippen LogP contribution in [0.4, 0.5) is 5.69 Å². The van der Waals surface area contributed by atoms with Crippen molar-refractivity contribution in [2.24, 2.45) is 10.5 Å². The second-order valence-electron chi connectivity index (χ2n) is 6.13. The van der Waals surface area contributed by atoms with Gasteiger partial charge in [-0.1, -0.05) is 26.0 Å². The Morgan fingerprint density at radius 2 is 2.00 bits per heavy atom. The summed E-state index contributed by atoms with van der Waals surface area (Å²) in [6.45, 7) is 3.92. The molecule has 0 saturated heterocycles. The molecular formula is C15H17N3O4. The molecule has 0 aromatic heterocycles. The van der Waals surface area contributed by atoms with Gasteiger partial charge in [0, 0.05) is 24.6 Å². The molecule has 1 aromatic carbocycles. The van der Waals surface area contributed by atoms with E-state index in [1.54, 1.807) is 6.07 Å². The van der Waals surface area contributed by atoms with Crippen molar-refractivity contribution in [1.82, 2.24) is 5.43 Å². The number of hydrogen-bond donors (Lipinski definition) is 1. The molecule has 116 valence electrons. The van der Waals surface area contributed by atoms with Crippen LogP contribution in [0.25, 0.3) is 0 Å². The highest BCUT2D eigenvalue weighted by molar-refractivity contribution is 6.05. The first-order chi connectivity index (χ1) is 10.3. The van der Waals surface area contributed by atoms with Gasteiger partial charge in [0.05, 0.1) is 4.92 Å². The lowest BCUT2D eigenvalue weighted by molar-refractivity contribution is -0.385. The van der Waals surface area contributed by atoms with Gasteiger partial charge in [-0.05, 0) is 17.9 Å². The van der Waals surface area contributed by atoms with E-state index in [0.717, 1.165) is 0 Å². The molecule has 1 N–H and O–H groups in total. The summed E-state index contributed by atoms with van der Waals surface area (Å²) >= 11 is 0. The van der Waals surface area contributed by atoms with Crippen molar-refractivity contribution >= 4 is 23.1 Å². The number of nitro benzene ring substituents is 1. The fourth-order valence-electron chi connectivity index (χ4n) is 2.60. The molecule has 0 radical (unpaired) electrons. The van der Waals surface area contributed by atoms with Crippen molar-refractivity contribution < 1.29 is 14.5 Å². The average Bonchev–Trinajstić information content (AvgIpc) is 2.42. The number of hydrazone groups is 1. The van der Waals surface area contributed by atoms with Crippen molar-refractivity contribution in [3.63, 3.8) is 0 Å². The van der Waals surface area contributed by atoms with E-state index in [-0.39, 0.29) is 28.9 Å². The van der Waals surface area contributed by atoms with Gasteiger partial charge in [-0.15, -0.1) is 0 Å². The molecule has 1 amide bonds. The van der Waals surface area contributed by atoms with Crippen LogP contribution < -0.4 is 5.43 Å². The molecule has 1 aliphatic carbocycles. The first kappa shape index (κ1) is 15.8. The zero-order chi connectivity index (χ0) is 16.3. The molecule has 0 spiro atoms. The van der Waals surface area contributed by atoms with Crippen LogP contribution in [0, 0.1) is 15.5 Å². The lowest BCUT2D eigenvalue weighted by atomic mass is 9.76. The molecule has 0 unspecified atom stereocenters. The SMILES string of the molecule is CC1(C)CC(=O)C/C(=N/NC(=O)c2ccccc2[N+](=O)[O-])C1. The number of nitrogens with one attached hydrogen (secondary N) is 1. The van der Waals surface area contributed by atoms with Crippen LogP contribution >= 0.6 is 0 Å². The van der Waals surface area contributed by atoms with Gasteiger partial charge in [-0.25, -0.2) is 5.43 Å². The van der Waals surface area contributed by atoms with E-state index in [4.69, 9.17) is 0 Å². The van der Waals surface area contributed by atoms with Gasteiger partial charge >= 0.3 is 0 Å². The maximum absolute atomic E-state index is 12.0. The van der Waals surface area contributed by atoms with E-state index < -0.39 is 10.8 Å². The van der Waals surface area contributed by atoms with Crippen LogP contribution in [0.3, 0.4) is 0 Å². The number of amides is 1. The molecule has 1 aliphatic rings. The van der Waals surface area contributed by atoms with Crippen molar-refractivity contribution in [3.8, 4) is 0 Å². The van der Waals surface area contributed by atoms with Gasteiger partial charge in [0.1, 0.15) is 11.3 Å². The van der Waals surface area contributed by atoms with Crippen LogP contribution in [0.15, 0.2) is 29.4 Å². The number of para-hydroxylation sites is 1. The number of benzene rings is 1. The lowest BCUT2D eigenvalue weighted by Crippen LogP contribution is -2.31. The number of carbonyl (C=O) groups is 2. The standard InChI is InChI=1S/C15H17N3O4/c1-15(2)8-10(7-11(19)9-15)16-17-14(20)12-5-3-4-6-13(12)18(21)22/h3-6H,7-9H2,1-2H3,(H,17,20)/b16-10-. The Morgan fingerprint density at radius 1 is 1.32 bits per heavy atom. The third kappa shape index (κ3) is 3.75. The molecular weight excluding hydrogens is 286 g/mol. The van der Waals surface area contributed by atoms with Crippen LogP contribution in [-0.4, -0.2) is 22.3 Å². The minimum Gasteiger partial charge on any atom is -0.299 e. The summed E-state index contributed by atoms with van der Waals surface area (Å²) in [5.41, 5.74) is 2.39. The normalized spacial score (nSPS) is 19.0. The van der Waals surface area contributed by atoms with Crippen molar-refractivity contribution in [2.45, 2.75) is 33.1 Å². The summed E-state index contributed by atoms with van der Waals surface area (Å²) in [7, 11) is 0. The highest BCUT2D eigenvalue weighted by atomic mass is 16.6. The van der Waals surface area contributed by atoms with Crippen molar-refractivity contribution in [2.75, 3.05) is 0 Å². The Bertz CT molecular complexity index is 665. The van der Waals surface area contributed by atoms with Crippen LogP contribution in [0.5, 0.6) is 0 Å². The molecule has 7 heteroatoms. The molecule has 0 aliphatic heterocycles. The monoisotopic (exact) mass is 303 g/mol. The summed E-state index contributed by atoms with van der Waals surface area (Å²) in [6, 6.07) is 5.66. The van der Waals surface area contributed by atoms with Gasteiger partial charge < -0.3 is 0 Å². The minimum atomic E-state index is -0.657. The van der Waals surface area contributed by atoms with Crippen LogP contribution in [0.1, 0.15) is 43.5 Å². The molecule has 2 rings (SSSR count). The van der Waals surface area contributed by atoms with Crippen LogP contribution in [-0.2, 0) is 4.79 Å². The molecule has 0 atom stereocenters. The van der Waals surface area contributed by atoms with Gasteiger partial charge in [0.15, 0.2) is 0 Å². The predicted octanol–water partition coefficient (Wildman–Crippen LogP) is 2.46. The van der Waals surface area contributed by atoms with Crippen molar-refractivity contribution in [1.29, 1.82) is 0 Å². The summed E-state index contributed by atoms with van der Waals surface area (Å²) in [5, 5.41) is 14.9. The number of hydrogen-bond acceptors (Lipinski definition) is 5. The Labute approximate surface area is 127 Å². The Balaban J connectivity index is 2.15. The topological polar surface area (TPSA) is 102 Å². The first-order valence-electron chi connectivity index (χ1n) is 6.89. The van der Waals surface area contributed by atoms with Crippen molar-refractivity contribution in [3.05, 3.63) is 39.9 Å². The fourth-order valence-corrected chi connectivity index (χ4v) is 2.60. The second kappa shape index (κ2) is 6.05. The van der Waals surface area contributed by atoms with E-state index in [1.165, 1.54) is 18.2 Å². The van der Waals surface area contributed by atoms with Gasteiger partial charge in [-0.3, -0.25) is 19.7 Å². The number of nitrogens with zero attached hydrogens (tertiary/aromatic N) is 2. The summed E-state index contributed by atoms with van der Waals surface area (Å²) < 4.78 is 0. The third-order valence-corrected chi connectivity index (χ3v) is 3.42. The quantitative estimate of drug-likeness (QED) is 0.684. The number of rotatable bonds is 3. The van der Waals surface area contributed by atoms with E-state index in [0.29, 0.717) is 18.6 Å². The zero-order valence-corrected chi connectivity index (χ0v) is 12.5. The zero-order valence-electron chi connectivity index (χ0n) is 12.5. The van der Waals surface area contributed by atoms with E-state index in [1.807, 2.05) is 13.8 Å². The Morgan fingerprint density at radius 3 is 2.64 bits per heavy atom. The van der Waals surface area contributed by atoms with Gasteiger partial charge in [0.2, 0.25) is 0 Å². The van der Waals surface area contributed by atoms with E-state index in [2.05, 4.69) is 10.5 Å². The molecule has 0 heterocycles. The summed E-state index contributed by atoms with van der Waals surface area (Å²) in [5.74, 6) is -0.578. The maximum Gasteiger partial charge on any atom is 0.282 e. The third-order valence-electron chi connectivity index (χ3n) is 3.42. The Kier molecular flexibility index (Phi) is 4.35. The molecule has 1 fully saturated rings. The Hall–Kier alpha value is -2.57. The molecule has 7 nitrogen and oxygen atoms in total. The molecule has 0 bridgehead atoms.